The lowest BCUT2D eigenvalue weighted by molar-refractivity contribution is -0.188. The molecule has 0 aromatic rings. The zero-order valence-corrected chi connectivity index (χ0v) is 7.72. The Kier molecular flexibility index (Phi) is 2.69. The van der Waals surface area contributed by atoms with Gasteiger partial charge in [-0.15, -0.1) is 0 Å². The van der Waals surface area contributed by atoms with Crippen molar-refractivity contribution in [1.82, 2.24) is 5.32 Å². The van der Waals surface area contributed by atoms with Gasteiger partial charge in [0.2, 0.25) is 0 Å². The molecule has 4 nitrogen and oxygen atoms in total. The first-order valence-electron chi connectivity index (χ1n) is 4.01. The van der Waals surface area contributed by atoms with E-state index in [0.29, 0.717) is 13.2 Å². The van der Waals surface area contributed by atoms with Crippen molar-refractivity contribution in [1.29, 1.82) is 0 Å². The maximum atomic E-state index is 11.4. The van der Waals surface area contributed by atoms with Crippen molar-refractivity contribution in [2.75, 3.05) is 27.4 Å². The van der Waals surface area contributed by atoms with Crippen LogP contribution < -0.4 is 5.32 Å². The summed E-state index contributed by atoms with van der Waals surface area (Å²) in [5, 5.41) is 3.04. The lowest BCUT2D eigenvalue weighted by atomic mass is 9.79. The minimum Gasteiger partial charge on any atom is -0.468 e. The molecule has 0 radical (unpaired) electrons. The van der Waals surface area contributed by atoms with Crippen molar-refractivity contribution in [2.45, 2.75) is 13.0 Å². The molecule has 1 saturated heterocycles. The van der Waals surface area contributed by atoms with Crippen LogP contribution in [-0.2, 0) is 14.3 Å². The van der Waals surface area contributed by atoms with Crippen LogP contribution in [0, 0.1) is 5.41 Å². The molecule has 70 valence electrons. The molecule has 0 aromatic carbocycles. The molecule has 1 heterocycles. The number of esters is 1. The van der Waals surface area contributed by atoms with E-state index in [0.717, 1.165) is 0 Å². The summed E-state index contributed by atoms with van der Waals surface area (Å²) in [6.45, 7) is 2.88. The van der Waals surface area contributed by atoms with Gasteiger partial charge in [0.15, 0.2) is 0 Å². The van der Waals surface area contributed by atoms with Crippen LogP contribution >= 0.6 is 0 Å². The minimum absolute atomic E-state index is 0.0960. The third-order valence-electron chi connectivity index (χ3n) is 2.57. The van der Waals surface area contributed by atoms with E-state index in [1.807, 2.05) is 14.0 Å². The third-order valence-corrected chi connectivity index (χ3v) is 2.57. The summed E-state index contributed by atoms with van der Waals surface area (Å²) in [5.41, 5.74) is -0.455. The molecule has 0 bridgehead atoms. The molecule has 0 amide bonds. The van der Waals surface area contributed by atoms with E-state index >= 15 is 0 Å². The largest absolute Gasteiger partial charge is 0.468 e. The first kappa shape index (κ1) is 9.48. The van der Waals surface area contributed by atoms with Crippen LogP contribution in [0.1, 0.15) is 6.92 Å². The average Bonchev–Trinajstić information content (AvgIpc) is 2.01. The van der Waals surface area contributed by atoms with Crippen LogP contribution in [0.4, 0.5) is 0 Å². The van der Waals surface area contributed by atoms with Gasteiger partial charge < -0.3 is 14.8 Å². The van der Waals surface area contributed by atoms with Gasteiger partial charge in [0, 0.05) is 6.04 Å². The maximum Gasteiger partial charge on any atom is 0.318 e. The maximum absolute atomic E-state index is 11.4. The van der Waals surface area contributed by atoms with E-state index < -0.39 is 5.41 Å². The Bertz CT molecular complexity index is 177. The van der Waals surface area contributed by atoms with E-state index in [1.54, 1.807) is 0 Å². The van der Waals surface area contributed by atoms with Gasteiger partial charge in [-0.05, 0) is 14.0 Å². The van der Waals surface area contributed by atoms with Crippen molar-refractivity contribution in [2.24, 2.45) is 5.41 Å². The second-order valence-electron chi connectivity index (χ2n) is 3.15. The van der Waals surface area contributed by atoms with Crippen LogP contribution in [0.2, 0.25) is 0 Å². The summed E-state index contributed by atoms with van der Waals surface area (Å²) in [6.07, 6.45) is 0. The Hall–Kier alpha value is -0.610. The summed E-state index contributed by atoms with van der Waals surface area (Å²) in [5.74, 6) is -0.185. The molecule has 0 aliphatic carbocycles. The minimum atomic E-state index is -0.455. The fourth-order valence-corrected chi connectivity index (χ4v) is 1.35. The molecule has 0 spiro atoms. The van der Waals surface area contributed by atoms with Crippen LogP contribution in [0.3, 0.4) is 0 Å². The van der Waals surface area contributed by atoms with E-state index in [2.05, 4.69) is 5.32 Å². The first-order chi connectivity index (χ1) is 5.67. The molecule has 1 aliphatic heterocycles. The fourth-order valence-electron chi connectivity index (χ4n) is 1.35. The third kappa shape index (κ3) is 1.21. The number of ether oxygens (including phenoxy) is 2. The van der Waals surface area contributed by atoms with Crippen LogP contribution in [-0.4, -0.2) is 39.4 Å². The van der Waals surface area contributed by atoms with Gasteiger partial charge in [-0.3, -0.25) is 4.79 Å². The van der Waals surface area contributed by atoms with Crippen LogP contribution in [0.5, 0.6) is 0 Å². The number of hydrogen-bond acceptors (Lipinski definition) is 4. The molecule has 0 saturated carbocycles. The predicted molar refractivity (Wildman–Crippen MR) is 43.8 cm³/mol. The van der Waals surface area contributed by atoms with Crippen molar-refractivity contribution in [3.63, 3.8) is 0 Å². The summed E-state index contributed by atoms with van der Waals surface area (Å²) in [4.78, 5) is 11.4. The monoisotopic (exact) mass is 173 g/mol. The fraction of sp³-hybridized carbons (Fsp3) is 0.875. The number of hydrogen-bond donors (Lipinski definition) is 1. The molecule has 1 N–H and O–H groups in total. The zero-order valence-electron chi connectivity index (χ0n) is 7.72. The molecule has 1 rings (SSSR count). The van der Waals surface area contributed by atoms with Gasteiger partial charge in [0.1, 0.15) is 5.41 Å². The Balaban J connectivity index is 2.68. The summed E-state index contributed by atoms with van der Waals surface area (Å²) < 4.78 is 9.76. The molecule has 1 unspecified atom stereocenters. The molecule has 0 aromatic heterocycles. The summed E-state index contributed by atoms with van der Waals surface area (Å²) in [7, 11) is 3.23. The van der Waals surface area contributed by atoms with Gasteiger partial charge in [-0.1, -0.05) is 0 Å². The van der Waals surface area contributed by atoms with E-state index in [4.69, 9.17) is 9.47 Å². The highest BCUT2D eigenvalue weighted by Gasteiger charge is 2.50. The van der Waals surface area contributed by atoms with Gasteiger partial charge in [0.05, 0.1) is 20.3 Å². The number of nitrogens with one attached hydrogen (secondary N) is 1. The van der Waals surface area contributed by atoms with Crippen molar-refractivity contribution < 1.29 is 14.3 Å². The number of methoxy groups -OCH3 is 1. The number of carbonyl (C=O) groups is 1. The standard InChI is InChI=1S/C8H15NO3/c1-6(9-2)8(4-12-5-8)7(10)11-3/h6,9H,4-5H2,1-3H3. The lowest BCUT2D eigenvalue weighted by Gasteiger charge is -2.42. The normalized spacial score (nSPS) is 22.6. The highest BCUT2D eigenvalue weighted by atomic mass is 16.5. The summed E-state index contributed by atoms with van der Waals surface area (Å²) >= 11 is 0. The predicted octanol–water partition coefficient (Wildman–Crippen LogP) is -0.216. The van der Waals surface area contributed by atoms with Gasteiger partial charge in [-0.2, -0.15) is 0 Å². The Morgan fingerprint density at radius 1 is 1.67 bits per heavy atom. The van der Waals surface area contributed by atoms with Crippen molar-refractivity contribution in [3.8, 4) is 0 Å². The number of carbonyl (C=O) groups excluding carboxylic acids is 1. The van der Waals surface area contributed by atoms with Gasteiger partial charge in [-0.25, -0.2) is 0 Å². The van der Waals surface area contributed by atoms with Gasteiger partial charge >= 0.3 is 5.97 Å². The highest BCUT2D eigenvalue weighted by Crippen LogP contribution is 2.32. The SMILES string of the molecule is CNC(C)C1(C(=O)OC)COC1. The molecule has 12 heavy (non-hydrogen) atoms. The Morgan fingerprint density at radius 2 is 2.25 bits per heavy atom. The van der Waals surface area contributed by atoms with E-state index in [1.165, 1.54) is 7.11 Å². The molecular weight excluding hydrogens is 158 g/mol. The van der Waals surface area contributed by atoms with Gasteiger partial charge in [0.25, 0.3) is 0 Å². The van der Waals surface area contributed by atoms with Crippen molar-refractivity contribution >= 4 is 5.97 Å². The second kappa shape index (κ2) is 3.41. The molecule has 1 aliphatic rings. The average molecular weight is 173 g/mol. The van der Waals surface area contributed by atoms with E-state index in [9.17, 15) is 4.79 Å². The topological polar surface area (TPSA) is 47.6 Å². The number of rotatable bonds is 3. The summed E-state index contributed by atoms with van der Waals surface area (Å²) in [6, 6.07) is 0.0960. The smallest absolute Gasteiger partial charge is 0.318 e. The highest BCUT2D eigenvalue weighted by molar-refractivity contribution is 5.79. The lowest BCUT2D eigenvalue weighted by Crippen LogP contribution is -2.60. The van der Waals surface area contributed by atoms with Crippen LogP contribution in [0.15, 0.2) is 0 Å². The first-order valence-corrected chi connectivity index (χ1v) is 4.01. The molecule has 1 fully saturated rings. The Morgan fingerprint density at radius 3 is 2.50 bits per heavy atom. The quantitative estimate of drug-likeness (QED) is 0.600. The van der Waals surface area contributed by atoms with Crippen molar-refractivity contribution in [3.05, 3.63) is 0 Å². The molecular formula is C8H15NO3. The van der Waals surface area contributed by atoms with Crippen LogP contribution in [0.25, 0.3) is 0 Å². The Labute approximate surface area is 72.2 Å². The second-order valence-corrected chi connectivity index (χ2v) is 3.15. The molecule has 1 atom stereocenters. The molecule has 4 heteroatoms. The van der Waals surface area contributed by atoms with E-state index in [-0.39, 0.29) is 12.0 Å². The zero-order chi connectivity index (χ0) is 9.19.